The third-order valence-electron chi connectivity index (χ3n) is 2.90. The van der Waals surface area contributed by atoms with E-state index in [-0.39, 0.29) is 6.09 Å². The number of rotatable bonds is 2. The minimum Gasteiger partial charge on any atom is -0.444 e. The Balaban J connectivity index is 2.42. The van der Waals surface area contributed by atoms with Crippen molar-refractivity contribution in [2.45, 2.75) is 39.2 Å². The highest BCUT2D eigenvalue weighted by molar-refractivity contribution is 9.09. The van der Waals surface area contributed by atoms with Gasteiger partial charge in [-0.25, -0.2) is 4.79 Å². The van der Waals surface area contributed by atoms with Gasteiger partial charge in [0, 0.05) is 18.4 Å². The van der Waals surface area contributed by atoms with E-state index >= 15 is 0 Å². The van der Waals surface area contributed by atoms with Gasteiger partial charge in [-0.1, -0.05) is 28.1 Å². The summed E-state index contributed by atoms with van der Waals surface area (Å²) in [6, 6.07) is 0. The van der Waals surface area contributed by atoms with E-state index in [0.29, 0.717) is 5.92 Å². The maximum Gasteiger partial charge on any atom is 0.410 e. The number of carbonyl (C=O) groups is 1. The topological polar surface area (TPSA) is 29.5 Å². The van der Waals surface area contributed by atoms with Crippen molar-refractivity contribution in [1.29, 1.82) is 0 Å². The molecule has 0 aliphatic carbocycles. The fourth-order valence-electron chi connectivity index (χ4n) is 1.91. The van der Waals surface area contributed by atoms with Crippen LogP contribution in [-0.4, -0.2) is 35.0 Å². The van der Waals surface area contributed by atoms with Crippen molar-refractivity contribution in [3.8, 4) is 0 Å². The number of amides is 1. The monoisotopic (exact) mass is 303 g/mol. The molecule has 0 N–H and O–H groups in total. The maximum atomic E-state index is 11.8. The van der Waals surface area contributed by atoms with Crippen molar-refractivity contribution >= 4 is 22.0 Å². The van der Waals surface area contributed by atoms with Crippen LogP contribution in [0.4, 0.5) is 4.79 Å². The van der Waals surface area contributed by atoms with E-state index in [0.717, 1.165) is 31.3 Å². The van der Waals surface area contributed by atoms with Gasteiger partial charge in [-0.2, -0.15) is 0 Å². The second-order valence-corrected chi connectivity index (χ2v) is 6.09. The first-order chi connectivity index (χ1) is 7.83. The zero-order valence-corrected chi connectivity index (χ0v) is 12.5. The third kappa shape index (κ3) is 4.70. The second-order valence-electron chi connectivity index (χ2n) is 5.53. The molecule has 3 nitrogen and oxygen atoms in total. The van der Waals surface area contributed by atoms with Crippen LogP contribution in [0.1, 0.15) is 33.6 Å². The number of nitrogens with zero attached hydrogens (tertiary/aromatic N) is 1. The summed E-state index contributed by atoms with van der Waals surface area (Å²) in [4.78, 5) is 13.6. The van der Waals surface area contributed by atoms with Crippen LogP contribution in [0.25, 0.3) is 0 Å². The molecule has 1 saturated heterocycles. The molecule has 0 bridgehead atoms. The van der Waals surface area contributed by atoms with Crippen molar-refractivity contribution in [3.05, 3.63) is 12.2 Å². The predicted molar refractivity (Wildman–Crippen MR) is 73.5 cm³/mol. The van der Waals surface area contributed by atoms with E-state index in [2.05, 4.69) is 22.5 Å². The Hall–Kier alpha value is -0.510. The molecule has 0 unspecified atom stereocenters. The number of carbonyl (C=O) groups excluding carboxylic acids is 1. The molecule has 4 heteroatoms. The average Bonchev–Trinajstić information content (AvgIpc) is 2.26. The smallest absolute Gasteiger partial charge is 0.410 e. The van der Waals surface area contributed by atoms with Crippen LogP contribution in [0.15, 0.2) is 12.2 Å². The van der Waals surface area contributed by atoms with E-state index in [1.54, 1.807) is 4.90 Å². The first-order valence-electron chi connectivity index (χ1n) is 6.05. The first-order valence-corrected chi connectivity index (χ1v) is 7.17. The van der Waals surface area contributed by atoms with Gasteiger partial charge < -0.3 is 9.64 Å². The molecule has 0 spiro atoms. The van der Waals surface area contributed by atoms with E-state index in [1.807, 2.05) is 20.8 Å². The summed E-state index contributed by atoms with van der Waals surface area (Å²) in [7, 11) is 0. The summed E-state index contributed by atoms with van der Waals surface area (Å²) in [5, 5.41) is 0.851. The largest absolute Gasteiger partial charge is 0.444 e. The lowest BCUT2D eigenvalue weighted by atomic mass is 9.91. The Morgan fingerprint density at radius 3 is 2.35 bits per heavy atom. The number of hydrogen-bond acceptors (Lipinski definition) is 2. The number of likely N-dealkylation sites (tertiary alicyclic amines) is 1. The lowest BCUT2D eigenvalue weighted by molar-refractivity contribution is 0.0194. The lowest BCUT2D eigenvalue weighted by Gasteiger charge is -2.33. The highest BCUT2D eigenvalue weighted by Gasteiger charge is 2.27. The SMILES string of the molecule is C=C(CBr)C1CCN(C(=O)OC(C)(C)C)CC1. The number of piperidine rings is 1. The third-order valence-corrected chi connectivity index (χ3v) is 3.62. The molecular weight excluding hydrogens is 282 g/mol. The molecule has 0 atom stereocenters. The van der Waals surface area contributed by atoms with Gasteiger partial charge >= 0.3 is 6.09 Å². The van der Waals surface area contributed by atoms with E-state index in [4.69, 9.17) is 4.74 Å². The second kappa shape index (κ2) is 5.89. The van der Waals surface area contributed by atoms with Gasteiger partial charge in [0.15, 0.2) is 0 Å². The van der Waals surface area contributed by atoms with Gasteiger partial charge in [0.25, 0.3) is 0 Å². The van der Waals surface area contributed by atoms with Gasteiger partial charge in [-0.3, -0.25) is 0 Å². The molecule has 0 radical (unpaired) electrons. The summed E-state index contributed by atoms with van der Waals surface area (Å²) < 4.78 is 5.35. The highest BCUT2D eigenvalue weighted by Crippen LogP contribution is 2.25. The van der Waals surface area contributed by atoms with Crippen LogP contribution < -0.4 is 0 Å². The zero-order valence-electron chi connectivity index (χ0n) is 11.0. The Kier molecular flexibility index (Phi) is 5.04. The Morgan fingerprint density at radius 1 is 1.41 bits per heavy atom. The fraction of sp³-hybridized carbons (Fsp3) is 0.769. The molecule has 1 fully saturated rings. The number of hydrogen-bond donors (Lipinski definition) is 0. The molecule has 1 heterocycles. The molecule has 1 amide bonds. The number of halogens is 1. The van der Waals surface area contributed by atoms with Crippen molar-refractivity contribution in [2.24, 2.45) is 5.92 Å². The summed E-state index contributed by atoms with van der Waals surface area (Å²) in [6.07, 6.45) is 1.79. The van der Waals surface area contributed by atoms with Crippen molar-refractivity contribution < 1.29 is 9.53 Å². The van der Waals surface area contributed by atoms with Gasteiger partial charge in [0.05, 0.1) is 0 Å². The normalized spacial score (nSPS) is 18.0. The van der Waals surface area contributed by atoms with E-state index < -0.39 is 5.60 Å². The van der Waals surface area contributed by atoms with Crippen molar-refractivity contribution in [1.82, 2.24) is 4.90 Å². The van der Waals surface area contributed by atoms with Gasteiger partial charge in [0.2, 0.25) is 0 Å². The predicted octanol–water partition coefficient (Wildman–Crippen LogP) is 3.58. The molecule has 1 rings (SSSR count). The summed E-state index contributed by atoms with van der Waals surface area (Å²) in [5.74, 6) is 0.535. The Morgan fingerprint density at radius 2 is 1.94 bits per heavy atom. The Labute approximate surface area is 112 Å². The van der Waals surface area contributed by atoms with Crippen LogP contribution >= 0.6 is 15.9 Å². The molecule has 0 saturated carbocycles. The van der Waals surface area contributed by atoms with Crippen LogP contribution in [0, 0.1) is 5.92 Å². The van der Waals surface area contributed by atoms with Crippen LogP contribution in [-0.2, 0) is 4.74 Å². The minimum atomic E-state index is -0.409. The molecule has 0 aromatic heterocycles. The lowest BCUT2D eigenvalue weighted by Crippen LogP contribution is -2.42. The summed E-state index contributed by atoms with van der Waals surface area (Å²) >= 11 is 3.43. The van der Waals surface area contributed by atoms with Crippen molar-refractivity contribution in [2.75, 3.05) is 18.4 Å². The molecule has 1 aliphatic rings. The van der Waals surface area contributed by atoms with E-state index in [9.17, 15) is 4.79 Å². The highest BCUT2D eigenvalue weighted by atomic mass is 79.9. The van der Waals surface area contributed by atoms with Crippen LogP contribution in [0.3, 0.4) is 0 Å². The molecule has 98 valence electrons. The van der Waals surface area contributed by atoms with E-state index in [1.165, 1.54) is 5.57 Å². The number of allylic oxidation sites excluding steroid dienone is 1. The molecule has 17 heavy (non-hydrogen) atoms. The molecule has 1 aliphatic heterocycles. The number of alkyl halides is 1. The van der Waals surface area contributed by atoms with Gasteiger partial charge in [0.1, 0.15) is 5.60 Å². The summed E-state index contributed by atoms with van der Waals surface area (Å²) in [5.41, 5.74) is 0.821. The molecule has 0 aromatic rings. The van der Waals surface area contributed by atoms with Gasteiger partial charge in [-0.05, 0) is 39.5 Å². The Bertz CT molecular complexity index is 288. The number of ether oxygens (including phenoxy) is 1. The van der Waals surface area contributed by atoms with Crippen LogP contribution in [0.2, 0.25) is 0 Å². The van der Waals surface area contributed by atoms with Crippen molar-refractivity contribution in [3.63, 3.8) is 0 Å². The van der Waals surface area contributed by atoms with Crippen LogP contribution in [0.5, 0.6) is 0 Å². The maximum absolute atomic E-state index is 11.8. The average molecular weight is 304 g/mol. The minimum absolute atomic E-state index is 0.194. The summed E-state index contributed by atoms with van der Waals surface area (Å²) in [6.45, 7) is 11.3. The standard InChI is InChI=1S/C13H22BrNO2/c1-10(9-14)11-5-7-15(8-6-11)12(16)17-13(2,3)4/h11H,1,5-9H2,2-4H3. The molecular formula is C13H22BrNO2. The first kappa shape index (κ1) is 14.6. The van der Waals surface area contributed by atoms with Gasteiger partial charge in [-0.15, -0.1) is 0 Å². The molecule has 0 aromatic carbocycles. The fourth-order valence-corrected chi connectivity index (χ4v) is 2.36. The quantitative estimate of drug-likeness (QED) is 0.576. The zero-order chi connectivity index (χ0) is 13.1.